The third-order valence-corrected chi connectivity index (χ3v) is 2.73. The number of hydrogen-bond acceptors (Lipinski definition) is 4. The molecule has 18 heavy (non-hydrogen) atoms. The molecule has 5 nitrogen and oxygen atoms in total. The fraction of sp³-hybridized carbons (Fsp3) is 0.538. The number of likely N-dealkylation sites (N-methyl/N-ethyl adjacent to an activating group) is 1. The molecule has 1 aromatic heterocycles. The van der Waals surface area contributed by atoms with E-state index in [1.807, 2.05) is 27.0 Å². The van der Waals surface area contributed by atoms with Crippen LogP contribution in [0.1, 0.15) is 24.3 Å². The first-order chi connectivity index (χ1) is 8.72. The second kappa shape index (κ2) is 7.66. The molecule has 0 aromatic carbocycles. The molecule has 1 aromatic rings. The summed E-state index contributed by atoms with van der Waals surface area (Å²) in [7, 11) is 1.91. The Hall–Kier alpha value is -1.62. The summed E-state index contributed by atoms with van der Waals surface area (Å²) in [6.07, 6.45) is 1.67. The van der Waals surface area contributed by atoms with Gasteiger partial charge in [0.1, 0.15) is 5.69 Å². The molecule has 5 heteroatoms. The Morgan fingerprint density at radius 1 is 1.33 bits per heavy atom. The fourth-order valence-corrected chi connectivity index (χ4v) is 1.66. The third kappa shape index (κ3) is 4.00. The topological polar surface area (TPSA) is 57.3 Å². The molecule has 2 N–H and O–H groups in total. The molecule has 0 radical (unpaired) electrons. The zero-order chi connectivity index (χ0) is 13.4. The van der Waals surface area contributed by atoms with Crippen molar-refractivity contribution in [3.63, 3.8) is 0 Å². The predicted octanol–water partition coefficient (Wildman–Crippen LogP) is 1.19. The number of anilines is 1. The van der Waals surface area contributed by atoms with Gasteiger partial charge < -0.3 is 15.5 Å². The van der Waals surface area contributed by atoms with Crippen LogP contribution < -0.4 is 10.6 Å². The van der Waals surface area contributed by atoms with E-state index in [4.69, 9.17) is 0 Å². The van der Waals surface area contributed by atoms with E-state index in [0.717, 1.165) is 18.8 Å². The Morgan fingerprint density at radius 2 is 2.06 bits per heavy atom. The van der Waals surface area contributed by atoms with E-state index in [2.05, 4.69) is 15.6 Å². The highest BCUT2D eigenvalue weighted by Crippen LogP contribution is 2.09. The first-order valence-electron chi connectivity index (χ1n) is 6.36. The largest absolute Gasteiger partial charge is 0.384 e. The molecule has 1 rings (SSSR count). The number of nitrogens with one attached hydrogen (secondary N) is 2. The average molecular weight is 250 g/mol. The van der Waals surface area contributed by atoms with Crippen molar-refractivity contribution in [1.82, 2.24) is 15.2 Å². The maximum Gasteiger partial charge on any atom is 0.272 e. The zero-order valence-electron chi connectivity index (χ0n) is 11.4. The molecule has 0 atom stereocenters. The van der Waals surface area contributed by atoms with Crippen molar-refractivity contribution < 1.29 is 4.79 Å². The molecule has 1 amide bonds. The minimum atomic E-state index is -0.0164. The van der Waals surface area contributed by atoms with Crippen LogP contribution in [0.3, 0.4) is 0 Å². The van der Waals surface area contributed by atoms with Crippen molar-refractivity contribution in [1.29, 1.82) is 0 Å². The number of rotatable bonds is 7. The van der Waals surface area contributed by atoms with Gasteiger partial charge in [0.2, 0.25) is 0 Å². The summed E-state index contributed by atoms with van der Waals surface area (Å²) in [6, 6.07) is 3.67. The number of aromatic nitrogens is 1. The molecule has 0 aliphatic heterocycles. The lowest BCUT2D eigenvalue weighted by molar-refractivity contribution is 0.0767. The smallest absolute Gasteiger partial charge is 0.272 e. The first kappa shape index (κ1) is 14.4. The molecular weight excluding hydrogens is 228 g/mol. The predicted molar refractivity (Wildman–Crippen MR) is 73.9 cm³/mol. The normalized spacial score (nSPS) is 10.2. The van der Waals surface area contributed by atoms with Gasteiger partial charge in [0.25, 0.3) is 5.91 Å². The average Bonchev–Trinajstić information content (AvgIpc) is 2.41. The number of carbonyl (C=O) groups is 1. The second-order valence-electron chi connectivity index (χ2n) is 3.94. The molecule has 0 saturated carbocycles. The van der Waals surface area contributed by atoms with Gasteiger partial charge in [-0.05, 0) is 33.0 Å². The van der Waals surface area contributed by atoms with Crippen molar-refractivity contribution >= 4 is 11.6 Å². The van der Waals surface area contributed by atoms with Gasteiger partial charge in [0.15, 0.2) is 0 Å². The summed E-state index contributed by atoms with van der Waals surface area (Å²) in [6.45, 7) is 7.04. The van der Waals surface area contributed by atoms with Gasteiger partial charge in [0, 0.05) is 38.1 Å². The Morgan fingerprint density at radius 3 is 2.67 bits per heavy atom. The standard InChI is InChI=1S/C13H22N4O/c1-4-17(5-2)13(18)12-10-11(6-7-16-12)15-9-8-14-3/h6-7,10,14H,4-5,8-9H2,1-3H3,(H,15,16). The minimum absolute atomic E-state index is 0.0164. The van der Waals surface area contributed by atoms with Crippen molar-refractivity contribution in [3.05, 3.63) is 24.0 Å². The number of carbonyl (C=O) groups excluding carboxylic acids is 1. The van der Waals surface area contributed by atoms with Crippen LogP contribution in [0.2, 0.25) is 0 Å². The summed E-state index contributed by atoms with van der Waals surface area (Å²) in [5.41, 5.74) is 1.42. The number of amides is 1. The molecule has 0 saturated heterocycles. The Kier molecular flexibility index (Phi) is 6.14. The Bertz CT molecular complexity index is 377. The maximum absolute atomic E-state index is 12.1. The van der Waals surface area contributed by atoms with Crippen LogP contribution in [0.5, 0.6) is 0 Å². The van der Waals surface area contributed by atoms with Crippen LogP contribution in [0.4, 0.5) is 5.69 Å². The highest BCUT2D eigenvalue weighted by Gasteiger charge is 2.13. The summed E-state index contributed by atoms with van der Waals surface area (Å²) in [4.78, 5) is 18.0. The van der Waals surface area contributed by atoms with Crippen LogP contribution in [0.25, 0.3) is 0 Å². The molecule has 0 aliphatic rings. The van der Waals surface area contributed by atoms with Crippen molar-refractivity contribution in [2.75, 3.05) is 38.5 Å². The second-order valence-corrected chi connectivity index (χ2v) is 3.94. The lowest BCUT2D eigenvalue weighted by atomic mass is 10.2. The van der Waals surface area contributed by atoms with Crippen LogP contribution >= 0.6 is 0 Å². The van der Waals surface area contributed by atoms with Gasteiger partial charge in [0.05, 0.1) is 0 Å². The zero-order valence-corrected chi connectivity index (χ0v) is 11.4. The molecule has 1 heterocycles. The van der Waals surface area contributed by atoms with Gasteiger partial charge in [-0.15, -0.1) is 0 Å². The molecule has 0 aliphatic carbocycles. The summed E-state index contributed by atoms with van der Waals surface area (Å²) < 4.78 is 0. The van der Waals surface area contributed by atoms with E-state index in [9.17, 15) is 4.79 Å². The maximum atomic E-state index is 12.1. The van der Waals surface area contributed by atoms with Crippen molar-refractivity contribution in [2.24, 2.45) is 0 Å². The molecular formula is C13H22N4O. The van der Waals surface area contributed by atoms with Gasteiger partial charge in [-0.25, -0.2) is 0 Å². The van der Waals surface area contributed by atoms with E-state index in [1.54, 1.807) is 17.2 Å². The van der Waals surface area contributed by atoms with Crippen LogP contribution in [0, 0.1) is 0 Å². The quantitative estimate of drug-likeness (QED) is 0.714. The van der Waals surface area contributed by atoms with Crippen LogP contribution in [-0.4, -0.2) is 49.0 Å². The van der Waals surface area contributed by atoms with E-state index < -0.39 is 0 Å². The number of nitrogens with zero attached hydrogens (tertiary/aromatic N) is 2. The SMILES string of the molecule is CCN(CC)C(=O)c1cc(NCCNC)ccn1. The summed E-state index contributed by atoms with van der Waals surface area (Å²) >= 11 is 0. The van der Waals surface area contributed by atoms with E-state index >= 15 is 0 Å². The number of pyridine rings is 1. The molecule has 100 valence electrons. The molecule has 0 unspecified atom stereocenters. The molecule has 0 bridgehead atoms. The van der Waals surface area contributed by atoms with Gasteiger partial charge in [-0.3, -0.25) is 9.78 Å². The third-order valence-electron chi connectivity index (χ3n) is 2.73. The summed E-state index contributed by atoms with van der Waals surface area (Å²) in [5, 5.41) is 6.30. The highest BCUT2D eigenvalue weighted by molar-refractivity contribution is 5.93. The van der Waals surface area contributed by atoms with E-state index in [-0.39, 0.29) is 5.91 Å². The number of hydrogen-bond donors (Lipinski definition) is 2. The Balaban J connectivity index is 2.71. The highest BCUT2D eigenvalue weighted by atomic mass is 16.2. The van der Waals surface area contributed by atoms with Crippen molar-refractivity contribution in [3.8, 4) is 0 Å². The van der Waals surface area contributed by atoms with Crippen LogP contribution in [0.15, 0.2) is 18.3 Å². The monoisotopic (exact) mass is 250 g/mol. The Labute approximate surface area is 109 Å². The van der Waals surface area contributed by atoms with E-state index in [1.165, 1.54) is 0 Å². The fourth-order valence-electron chi connectivity index (χ4n) is 1.66. The lowest BCUT2D eigenvalue weighted by Gasteiger charge is -2.18. The van der Waals surface area contributed by atoms with Gasteiger partial charge in [-0.2, -0.15) is 0 Å². The van der Waals surface area contributed by atoms with E-state index in [0.29, 0.717) is 18.8 Å². The summed E-state index contributed by atoms with van der Waals surface area (Å²) in [5.74, 6) is -0.0164. The molecule has 0 fully saturated rings. The van der Waals surface area contributed by atoms with Crippen molar-refractivity contribution in [2.45, 2.75) is 13.8 Å². The van der Waals surface area contributed by atoms with Crippen LogP contribution in [-0.2, 0) is 0 Å². The molecule has 0 spiro atoms. The minimum Gasteiger partial charge on any atom is -0.384 e. The van der Waals surface area contributed by atoms with Gasteiger partial charge in [-0.1, -0.05) is 0 Å². The lowest BCUT2D eigenvalue weighted by Crippen LogP contribution is -2.31. The first-order valence-corrected chi connectivity index (χ1v) is 6.36. The van der Waals surface area contributed by atoms with Gasteiger partial charge >= 0.3 is 0 Å².